The van der Waals surface area contributed by atoms with Crippen LogP contribution in [0.15, 0.2) is 47.5 Å². The van der Waals surface area contributed by atoms with Crippen molar-refractivity contribution < 1.29 is 9.13 Å². The molecule has 0 atom stereocenters. The Bertz CT molecular complexity index is 707. The topological polar surface area (TPSA) is 45.7 Å². The molecule has 0 unspecified atom stereocenters. The number of nitrogens with zero attached hydrogens (tertiary/aromatic N) is 1. The van der Waals surface area contributed by atoms with E-state index in [1.165, 1.54) is 6.07 Å². The average Bonchev–Trinajstić information content (AvgIpc) is 2.58. The van der Waals surface area contributed by atoms with Crippen LogP contribution in [-0.4, -0.2) is 19.6 Å². The van der Waals surface area contributed by atoms with E-state index in [0.29, 0.717) is 24.6 Å². The van der Waals surface area contributed by atoms with Crippen LogP contribution in [0.25, 0.3) is 0 Å². The fraction of sp³-hybridized carbons (Fsp3) is 0.316. The summed E-state index contributed by atoms with van der Waals surface area (Å²) in [6, 6.07) is 12.8. The summed E-state index contributed by atoms with van der Waals surface area (Å²) in [6.07, 6.45) is 0. The number of benzene rings is 2. The van der Waals surface area contributed by atoms with Crippen LogP contribution in [-0.2, 0) is 13.1 Å². The van der Waals surface area contributed by atoms with Gasteiger partial charge in [0.15, 0.2) is 5.96 Å². The van der Waals surface area contributed by atoms with E-state index in [9.17, 15) is 4.39 Å². The average molecular weight is 457 g/mol. The summed E-state index contributed by atoms with van der Waals surface area (Å²) in [4.78, 5) is 4.56. The van der Waals surface area contributed by atoms with Crippen LogP contribution in [0.5, 0.6) is 5.75 Å². The van der Waals surface area contributed by atoms with E-state index in [1.807, 2.05) is 32.0 Å². The largest absolute Gasteiger partial charge is 0.497 e. The highest BCUT2D eigenvalue weighted by atomic mass is 127. The van der Waals surface area contributed by atoms with Gasteiger partial charge in [-0.15, -0.1) is 24.0 Å². The minimum absolute atomic E-state index is 0. The summed E-state index contributed by atoms with van der Waals surface area (Å²) in [6.45, 7) is 5.66. The number of methoxy groups -OCH3 is 1. The number of halogens is 2. The Morgan fingerprint density at radius 1 is 1.16 bits per heavy atom. The lowest BCUT2D eigenvalue weighted by molar-refractivity contribution is 0.414. The van der Waals surface area contributed by atoms with Gasteiger partial charge in [-0.1, -0.05) is 24.3 Å². The number of rotatable bonds is 6. The van der Waals surface area contributed by atoms with E-state index < -0.39 is 0 Å². The van der Waals surface area contributed by atoms with Crippen molar-refractivity contribution in [3.8, 4) is 5.75 Å². The summed E-state index contributed by atoms with van der Waals surface area (Å²) in [5.74, 6) is 1.26. The molecule has 2 rings (SSSR count). The Balaban J connectivity index is 0.00000312. The third-order valence-corrected chi connectivity index (χ3v) is 3.51. The van der Waals surface area contributed by atoms with Gasteiger partial charge in [0.2, 0.25) is 0 Å². The van der Waals surface area contributed by atoms with Gasteiger partial charge in [-0.3, -0.25) is 0 Å². The molecule has 0 aliphatic carbocycles. The molecule has 0 aromatic heterocycles. The highest BCUT2D eigenvalue weighted by molar-refractivity contribution is 14.0. The van der Waals surface area contributed by atoms with Crippen molar-refractivity contribution in [2.75, 3.05) is 13.7 Å². The van der Waals surface area contributed by atoms with Crippen LogP contribution in [0.4, 0.5) is 4.39 Å². The molecule has 25 heavy (non-hydrogen) atoms. The zero-order chi connectivity index (χ0) is 17.4. The Morgan fingerprint density at radius 3 is 2.60 bits per heavy atom. The first-order chi connectivity index (χ1) is 11.6. The zero-order valence-corrected chi connectivity index (χ0v) is 17.1. The van der Waals surface area contributed by atoms with Crippen LogP contribution in [0.3, 0.4) is 0 Å². The Kier molecular flexibility index (Phi) is 9.26. The maximum absolute atomic E-state index is 13.7. The molecule has 2 aromatic rings. The van der Waals surface area contributed by atoms with Crippen LogP contribution in [0.2, 0.25) is 0 Å². The number of aliphatic imine (C=N–C) groups is 1. The summed E-state index contributed by atoms with van der Waals surface area (Å²) in [5.41, 5.74) is 2.80. The van der Waals surface area contributed by atoms with Crippen LogP contribution in [0, 0.1) is 12.7 Å². The van der Waals surface area contributed by atoms with Gasteiger partial charge in [0.25, 0.3) is 0 Å². The maximum atomic E-state index is 13.7. The van der Waals surface area contributed by atoms with E-state index in [4.69, 9.17) is 4.74 Å². The highest BCUT2D eigenvalue weighted by Crippen LogP contribution is 2.17. The molecule has 0 aliphatic rings. The molecule has 0 fully saturated rings. The molecule has 2 N–H and O–H groups in total. The molecular weight excluding hydrogens is 432 g/mol. The molecule has 0 amide bonds. The predicted molar refractivity (Wildman–Crippen MR) is 111 cm³/mol. The fourth-order valence-corrected chi connectivity index (χ4v) is 2.37. The first-order valence-electron chi connectivity index (χ1n) is 8.02. The molecule has 0 aliphatic heterocycles. The Hall–Kier alpha value is -1.83. The number of ether oxygens (including phenoxy) is 1. The highest BCUT2D eigenvalue weighted by Gasteiger charge is 2.03. The summed E-state index contributed by atoms with van der Waals surface area (Å²) < 4.78 is 19.0. The van der Waals surface area contributed by atoms with Gasteiger partial charge in [-0.05, 0) is 43.2 Å². The SMILES string of the molecule is CCNC(=NCc1cc(C)cc(OC)c1)NCc1ccccc1F.I. The molecule has 4 nitrogen and oxygen atoms in total. The summed E-state index contributed by atoms with van der Waals surface area (Å²) in [5, 5.41) is 6.33. The first kappa shape index (κ1) is 21.2. The van der Waals surface area contributed by atoms with E-state index in [1.54, 1.807) is 19.2 Å². The van der Waals surface area contributed by atoms with Gasteiger partial charge >= 0.3 is 0 Å². The van der Waals surface area contributed by atoms with Gasteiger partial charge in [-0.25, -0.2) is 9.38 Å². The van der Waals surface area contributed by atoms with Crippen molar-refractivity contribution in [1.29, 1.82) is 0 Å². The van der Waals surface area contributed by atoms with Crippen LogP contribution in [0.1, 0.15) is 23.6 Å². The van der Waals surface area contributed by atoms with Gasteiger partial charge in [0.1, 0.15) is 11.6 Å². The minimum Gasteiger partial charge on any atom is -0.497 e. The number of hydrogen-bond acceptors (Lipinski definition) is 2. The molecular formula is C19H25FIN3O. The van der Waals surface area contributed by atoms with Crippen molar-refractivity contribution >= 4 is 29.9 Å². The van der Waals surface area contributed by atoms with E-state index in [-0.39, 0.29) is 29.8 Å². The fourth-order valence-electron chi connectivity index (χ4n) is 2.37. The van der Waals surface area contributed by atoms with Crippen molar-refractivity contribution in [2.24, 2.45) is 4.99 Å². The van der Waals surface area contributed by atoms with Gasteiger partial charge in [0, 0.05) is 18.7 Å². The van der Waals surface area contributed by atoms with Crippen molar-refractivity contribution in [2.45, 2.75) is 26.9 Å². The molecule has 0 spiro atoms. The van der Waals surface area contributed by atoms with Crippen molar-refractivity contribution in [3.05, 3.63) is 65.0 Å². The normalized spacial score (nSPS) is 10.8. The molecule has 136 valence electrons. The second-order valence-corrected chi connectivity index (χ2v) is 5.50. The third kappa shape index (κ3) is 6.89. The minimum atomic E-state index is -0.218. The Labute approximate surface area is 165 Å². The molecule has 0 radical (unpaired) electrons. The van der Waals surface area contributed by atoms with Crippen LogP contribution < -0.4 is 15.4 Å². The number of nitrogens with one attached hydrogen (secondary N) is 2. The monoisotopic (exact) mass is 457 g/mol. The quantitative estimate of drug-likeness (QED) is 0.392. The number of aryl methyl sites for hydroxylation is 1. The second kappa shape index (κ2) is 10.9. The first-order valence-corrected chi connectivity index (χ1v) is 8.02. The standard InChI is InChI=1S/C19H24FN3O.HI/c1-4-21-19(23-13-16-7-5-6-8-18(16)20)22-12-15-9-14(2)10-17(11-15)24-3;/h5-11H,4,12-13H2,1-3H3,(H2,21,22,23);1H. The third-order valence-electron chi connectivity index (χ3n) is 3.51. The van der Waals surface area contributed by atoms with Crippen molar-refractivity contribution in [1.82, 2.24) is 10.6 Å². The molecule has 0 bridgehead atoms. The smallest absolute Gasteiger partial charge is 0.191 e. The van der Waals surface area contributed by atoms with Gasteiger partial charge in [0.05, 0.1) is 13.7 Å². The number of hydrogen-bond donors (Lipinski definition) is 2. The lowest BCUT2D eigenvalue weighted by atomic mass is 10.1. The predicted octanol–water partition coefficient (Wildman–Crippen LogP) is 4.02. The molecule has 0 saturated heterocycles. The zero-order valence-electron chi connectivity index (χ0n) is 14.8. The summed E-state index contributed by atoms with van der Waals surface area (Å²) in [7, 11) is 1.65. The van der Waals surface area contributed by atoms with Crippen molar-refractivity contribution in [3.63, 3.8) is 0 Å². The van der Waals surface area contributed by atoms with Crippen LogP contribution >= 0.6 is 24.0 Å². The lowest BCUT2D eigenvalue weighted by Crippen LogP contribution is -2.37. The van der Waals surface area contributed by atoms with Gasteiger partial charge < -0.3 is 15.4 Å². The molecule has 6 heteroatoms. The van der Waals surface area contributed by atoms with E-state index in [0.717, 1.165) is 23.4 Å². The lowest BCUT2D eigenvalue weighted by Gasteiger charge is -2.12. The second-order valence-electron chi connectivity index (χ2n) is 5.50. The van der Waals surface area contributed by atoms with E-state index in [2.05, 4.69) is 21.7 Å². The summed E-state index contributed by atoms with van der Waals surface area (Å²) >= 11 is 0. The molecule has 0 heterocycles. The Morgan fingerprint density at radius 2 is 1.92 bits per heavy atom. The molecule has 2 aromatic carbocycles. The maximum Gasteiger partial charge on any atom is 0.191 e. The molecule has 0 saturated carbocycles. The number of guanidine groups is 1. The van der Waals surface area contributed by atoms with Gasteiger partial charge in [-0.2, -0.15) is 0 Å². The van der Waals surface area contributed by atoms with E-state index >= 15 is 0 Å².